The van der Waals surface area contributed by atoms with E-state index in [9.17, 15) is 0 Å². The van der Waals surface area contributed by atoms with E-state index in [-0.39, 0.29) is 0 Å². The lowest BCUT2D eigenvalue weighted by Gasteiger charge is -2.39. The van der Waals surface area contributed by atoms with Crippen molar-refractivity contribution in [2.45, 2.75) is 51.1 Å². The quantitative estimate of drug-likeness (QED) is 0.906. The van der Waals surface area contributed by atoms with Crippen molar-refractivity contribution in [1.82, 2.24) is 10.2 Å². The first-order chi connectivity index (χ1) is 9.78. The highest BCUT2D eigenvalue weighted by atomic mass is 79.9. The number of rotatable bonds is 4. The summed E-state index contributed by atoms with van der Waals surface area (Å²) >= 11 is 3.59. The van der Waals surface area contributed by atoms with Crippen LogP contribution in [0.1, 0.15) is 37.3 Å². The lowest BCUT2D eigenvalue weighted by Crippen LogP contribution is -2.47. The Hall–Kier alpha value is -0.380. The van der Waals surface area contributed by atoms with Gasteiger partial charge in [0.05, 0.1) is 0 Å². The zero-order valence-corrected chi connectivity index (χ0v) is 14.0. The van der Waals surface area contributed by atoms with Crippen molar-refractivity contribution in [2.24, 2.45) is 0 Å². The summed E-state index contributed by atoms with van der Waals surface area (Å²) in [6.45, 7) is 5.94. The van der Waals surface area contributed by atoms with Crippen molar-refractivity contribution >= 4 is 15.9 Å². The zero-order chi connectivity index (χ0) is 13.9. The molecule has 0 spiro atoms. The number of fused-ring (bicyclic) bond motifs is 1. The molecule has 1 fully saturated rings. The summed E-state index contributed by atoms with van der Waals surface area (Å²) in [6.07, 6.45) is 6.38. The van der Waals surface area contributed by atoms with Gasteiger partial charge >= 0.3 is 0 Å². The van der Waals surface area contributed by atoms with Crippen LogP contribution in [0.3, 0.4) is 0 Å². The molecule has 0 bridgehead atoms. The third-order valence-electron chi connectivity index (χ3n) is 4.82. The van der Waals surface area contributed by atoms with E-state index < -0.39 is 0 Å². The van der Waals surface area contributed by atoms with Gasteiger partial charge in [0.1, 0.15) is 0 Å². The SMILES string of the molecule is CCCN(C1CCNC1)C1CCc2cc(Br)ccc2C1. The molecule has 0 amide bonds. The van der Waals surface area contributed by atoms with E-state index in [2.05, 4.69) is 51.3 Å². The molecule has 0 saturated carbocycles. The van der Waals surface area contributed by atoms with E-state index >= 15 is 0 Å². The number of hydrogen-bond donors (Lipinski definition) is 1. The Morgan fingerprint density at radius 2 is 2.15 bits per heavy atom. The van der Waals surface area contributed by atoms with Crippen molar-refractivity contribution < 1.29 is 0 Å². The fourth-order valence-corrected chi connectivity index (χ4v) is 4.24. The molecule has 1 aliphatic carbocycles. The van der Waals surface area contributed by atoms with E-state index in [0.29, 0.717) is 0 Å². The van der Waals surface area contributed by atoms with E-state index in [0.717, 1.165) is 12.1 Å². The molecule has 0 aromatic heterocycles. The summed E-state index contributed by atoms with van der Waals surface area (Å²) in [5.74, 6) is 0. The first-order valence-corrected chi connectivity index (χ1v) is 8.81. The summed E-state index contributed by atoms with van der Waals surface area (Å²) < 4.78 is 1.22. The van der Waals surface area contributed by atoms with Crippen molar-refractivity contribution in [2.75, 3.05) is 19.6 Å². The molecule has 1 N–H and O–H groups in total. The maximum atomic E-state index is 3.59. The van der Waals surface area contributed by atoms with Gasteiger partial charge < -0.3 is 5.32 Å². The monoisotopic (exact) mass is 336 g/mol. The molecule has 3 heteroatoms. The highest BCUT2D eigenvalue weighted by Gasteiger charge is 2.30. The van der Waals surface area contributed by atoms with Gasteiger partial charge in [-0.25, -0.2) is 0 Å². The minimum absolute atomic E-state index is 0.744. The normalized spacial score (nSPS) is 25.9. The molecule has 1 aromatic carbocycles. The van der Waals surface area contributed by atoms with Crippen LogP contribution in [0.2, 0.25) is 0 Å². The minimum Gasteiger partial charge on any atom is -0.315 e. The molecule has 1 heterocycles. The number of aryl methyl sites for hydroxylation is 1. The molecule has 2 atom stereocenters. The Morgan fingerprint density at radius 3 is 2.90 bits per heavy atom. The summed E-state index contributed by atoms with van der Waals surface area (Å²) in [6, 6.07) is 8.34. The van der Waals surface area contributed by atoms with Crippen LogP contribution in [-0.2, 0) is 12.8 Å². The highest BCUT2D eigenvalue weighted by Crippen LogP contribution is 2.29. The van der Waals surface area contributed by atoms with E-state index in [1.807, 2.05) is 0 Å². The van der Waals surface area contributed by atoms with E-state index in [4.69, 9.17) is 0 Å². The molecule has 2 nitrogen and oxygen atoms in total. The molecule has 1 aliphatic heterocycles. The summed E-state index contributed by atoms with van der Waals surface area (Å²) in [4.78, 5) is 2.80. The second-order valence-electron chi connectivity index (χ2n) is 6.19. The van der Waals surface area contributed by atoms with Gasteiger partial charge in [0, 0.05) is 23.1 Å². The predicted molar refractivity (Wildman–Crippen MR) is 88.2 cm³/mol. The largest absolute Gasteiger partial charge is 0.315 e. The highest BCUT2D eigenvalue weighted by molar-refractivity contribution is 9.10. The van der Waals surface area contributed by atoms with Gasteiger partial charge in [-0.3, -0.25) is 4.90 Å². The number of benzene rings is 1. The lowest BCUT2D eigenvalue weighted by molar-refractivity contribution is 0.130. The van der Waals surface area contributed by atoms with Crippen molar-refractivity contribution in [3.05, 3.63) is 33.8 Å². The zero-order valence-electron chi connectivity index (χ0n) is 12.4. The van der Waals surface area contributed by atoms with Crippen LogP contribution in [0.4, 0.5) is 0 Å². The summed E-state index contributed by atoms with van der Waals surface area (Å²) in [7, 11) is 0. The Bertz CT molecular complexity index is 454. The lowest BCUT2D eigenvalue weighted by atomic mass is 9.86. The maximum absolute atomic E-state index is 3.59. The summed E-state index contributed by atoms with van der Waals surface area (Å²) in [5.41, 5.74) is 3.12. The molecule has 110 valence electrons. The molecule has 1 aromatic rings. The van der Waals surface area contributed by atoms with Crippen LogP contribution in [0.25, 0.3) is 0 Å². The Balaban J connectivity index is 1.74. The van der Waals surface area contributed by atoms with Crippen LogP contribution in [0.5, 0.6) is 0 Å². The molecular weight excluding hydrogens is 312 g/mol. The number of nitrogens with zero attached hydrogens (tertiary/aromatic N) is 1. The third-order valence-corrected chi connectivity index (χ3v) is 5.32. The van der Waals surface area contributed by atoms with Gasteiger partial charge in [0.15, 0.2) is 0 Å². The standard InChI is InChI=1S/C17H25BrN2/c1-2-9-20(17-7-8-19-12-17)16-6-4-13-10-15(18)5-3-14(13)11-16/h3,5,10,16-17,19H,2,4,6-9,11-12H2,1H3. The van der Waals surface area contributed by atoms with Crippen LogP contribution < -0.4 is 5.32 Å². The van der Waals surface area contributed by atoms with Crippen molar-refractivity contribution in [3.8, 4) is 0 Å². The first-order valence-electron chi connectivity index (χ1n) is 8.01. The molecule has 20 heavy (non-hydrogen) atoms. The maximum Gasteiger partial charge on any atom is 0.0235 e. The van der Waals surface area contributed by atoms with Gasteiger partial charge in [-0.2, -0.15) is 0 Å². The fraction of sp³-hybridized carbons (Fsp3) is 0.647. The third kappa shape index (κ3) is 3.10. The fourth-order valence-electron chi connectivity index (χ4n) is 3.83. The predicted octanol–water partition coefficient (Wildman–Crippen LogP) is 3.38. The van der Waals surface area contributed by atoms with Crippen LogP contribution >= 0.6 is 15.9 Å². The van der Waals surface area contributed by atoms with Crippen molar-refractivity contribution in [3.63, 3.8) is 0 Å². The van der Waals surface area contributed by atoms with Crippen LogP contribution in [0.15, 0.2) is 22.7 Å². The van der Waals surface area contributed by atoms with E-state index in [1.165, 1.54) is 56.2 Å². The second kappa shape index (κ2) is 6.59. The Kier molecular flexibility index (Phi) is 4.79. The van der Waals surface area contributed by atoms with Crippen molar-refractivity contribution in [1.29, 1.82) is 0 Å². The number of halogens is 1. The molecule has 2 unspecified atom stereocenters. The number of hydrogen-bond acceptors (Lipinski definition) is 2. The molecule has 2 aliphatic rings. The van der Waals surface area contributed by atoms with E-state index in [1.54, 1.807) is 11.1 Å². The summed E-state index contributed by atoms with van der Waals surface area (Å²) in [5, 5.41) is 3.53. The Morgan fingerprint density at radius 1 is 1.25 bits per heavy atom. The van der Waals surface area contributed by atoms with Crippen LogP contribution in [0, 0.1) is 0 Å². The molecular formula is C17H25BrN2. The van der Waals surface area contributed by atoms with Gasteiger partial charge in [-0.05, 0) is 68.5 Å². The van der Waals surface area contributed by atoms with Gasteiger partial charge in [0.2, 0.25) is 0 Å². The minimum atomic E-state index is 0.744. The molecule has 0 radical (unpaired) electrons. The van der Waals surface area contributed by atoms with Gasteiger partial charge in [-0.1, -0.05) is 28.9 Å². The van der Waals surface area contributed by atoms with Crippen LogP contribution in [-0.4, -0.2) is 36.6 Å². The molecule has 3 rings (SSSR count). The number of nitrogens with one attached hydrogen (secondary N) is 1. The average Bonchev–Trinajstić information content (AvgIpc) is 2.98. The average molecular weight is 337 g/mol. The smallest absolute Gasteiger partial charge is 0.0235 e. The molecule has 1 saturated heterocycles. The van der Waals surface area contributed by atoms with Gasteiger partial charge in [-0.15, -0.1) is 0 Å². The second-order valence-corrected chi connectivity index (χ2v) is 7.11. The first kappa shape index (κ1) is 14.6. The topological polar surface area (TPSA) is 15.3 Å². The van der Waals surface area contributed by atoms with Gasteiger partial charge in [0.25, 0.3) is 0 Å². The Labute approximate surface area is 131 Å².